The van der Waals surface area contributed by atoms with Crippen LogP contribution in [-0.2, 0) is 5.54 Å². The van der Waals surface area contributed by atoms with Crippen molar-refractivity contribution in [2.24, 2.45) is 0 Å². The van der Waals surface area contributed by atoms with E-state index in [1.54, 1.807) is 23.6 Å². The molecule has 0 bridgehead atoms. The van der Waals surface area contributed by atoms with E-state index in [0.29, 0.717) is 11.4 Å². The van der Waals surface area contributed by atoms with Gasteiger partial charge in [0.2, 0.25) is 0 Å². The Balaban J connectivity index is 2.29. The molecule has 0 aliphatic carbocycles. The van der Waals surface area contributed by atoms with Gasteiger partial charge in [0.05, 0.1) is 16.9 Å². The molecule has 1 aromatic carbocycles. The van der Waals surface area contributed by atoms with Gasteiger partial charge < -0.3 is 11.1 Å². The number of benzene rings is 1. The van der Waals surface area contributed by atoms with Gasteiger partial charge in [-0.15, -0.1) is 11.3 Å². The molecule has 0 unspecified atom stereocenters. The molecule has 90 valence electrons. The Kier molecular flexibility index (Phi) is 3.02. The Morgan fingerprint density at radius 1 is 1.41 bits per heavy atom. The van der Waals surface area contributed by atoms with Crippen LogP contribution < -0.4 is 11.1 Å². The van der Waals surface area contributed by atoms with Gasteiger partial charge in [-0.05, 0) is 32.0 Å². The lowest BCUT2D eigenvalue weighted by Crippen LogP contribution is -2.28. The summed E-state index contributed by atoms with van der Waals surface area (Å²) in [7, 11) is 0. The van der Waals surface area contributed by atoms with Crippen LogP contribution in [0, 0.1) is 5.82 Å². The Bertz CT molecular complexity index is 508. The molecule has 0 amide bonds. The van der Waals surface area contributed by atoms with Crippen LogP contribution in [0.1, 0.15) is 18.9 Å². The van der Waals surface area contributed by atoms with Crippen LogP contribution in [0.5, 0.6) is 0 Å². The second-order valence-corrected chi connectivity index (χ2v) is 5.21. The van der Waals surface area contributed by atoms with Crippen molar-refractivity contribution in [2.75, 3.05) is 11.1 Å². The standard InChI is InChI=1S/C12H14FN3S/c1-12(2,11-15-5-6-17-11)16-10-7-8(13)3-4-9(10)14/h3-7,16H,14H2,1-2H3. The average Bonchev–Trinajstić information content (AvgIpc) is 2.77. The summed E-state index contributed by atoms with van der Waals surface area (Å²) in [6.45, 7) is 3.96. The van der Waals surface area contributed by atoms with Crippen LogP contribution in [0.25, 0.3) is 0 Å². The minimum Gasteiger partial charge on any atom is -0.397 e. The normalized spacial score (nSPS) is 11.5. The van der Waals surface area contributed by atoms with Crippen LogP contribution >= 0.6 is 11.3 Å². The van der Waals surface area contributed by atoms with Gasteiger partial charge in [0.15, 0.2) is 0 Å². The highest BCUT2D eigenvalue weighted by Gasteiger charge is 2.23. The molecule has 0 radical (unpaired) electrons. The molecule has 2 aromatic rings. The monoisotopic (exact) mass is 251 g/mol. The number of nitrogens with two attached hydrogens (primary N) is 1. The molecule has 2 rings (SSSR count). The number of anilines is 2. The summed E-state index contributed by atoms with van der Waals surface area (Å²) in [6.07, 6.45) is 1.75. The van der Waals surface area contributed by atoms with Crippen LogP contribution in [-0.4, -0.2) is 4.98 Å². The van der Waals surface area contributed by atoms with E-state index in [4.69, 9.17) is 5.73 Å². The molecule has 1 heterocycles. The Morgan fingerprint density at radius 2 is 2.18 bits per heavy atom. The number of aromatic nitrogens is 1. The highest BCUT2D eigenvalue weighted by atomic mass is 32.1. The van der Waals surface area contributed by atoms with E-state index >= 15 is 0 Å². The fourth-order valence-corrected chi connectivity index (χ4v) is 2.28. The summed E-state index contributed by atoms with van der Waals surface area (Å²) < 4.78 is 13.2. The third-order valence-electron chi connectivity index (χ3n) is 2.43. The number of nitrogens with zero attached hydrogens (tertiary/aromatic N) is 1. The van der Waals surface area contributed by atoms with Gasteiger partial charge in [0.1, 0.15) is 10.8 Å². The van der Waals surface area contributed by atoms with Crippen LogP contribution in [0.15, 0.2) is 29.8 Å². The highest BCUT2D eigenvalue weighted by molar-refractivity contribution is 7.09. The second-order valence-electron chi connectivity index (χ2n) is 4.32. The van der Waals surface area contributed by atoms with Crippen LogP contribution in [0.2, 0.25) is 0 Å². The largest absolute Gasteiger partial charge is 0.397 e. The molecule has 0 atom stereocenters. The fourth-order valence-electron chi connectivity index (χ4n) is 1.56. The number of hydrogen-bond acceptors (Lipinski definition) is 4. The Hall–Kier alpha value is -1.62. The first-order valence-electron chi connectivity index (χ1n) is 5.22. The predicted molar refractivity (Wildman–Crippen MR) is 69.6 cm³/mol. The predicted octanol–water partition coefficient (Wildman–Crippen LogP) is 3.21. The van der Waals surface area contributed by atoms with Crippen molar-refractivity contribution in [1.29, 1.82) is 0 Å². The molecule has 1 aromatic heterocycles. The zero-order valence-corrected chi connectivity index (χ0v) is 10.5. The topological polar surface area (TPSA) is 50.9 Å². The van der Waals surface area contributed by atoms with Crippen molar-refractivity contribution in [2.45, 2.75) is 19.4 Å². The number of thiazole rings is 1. The van der Waals surface area contributed by atoms with Crippen molar-refractivity contribution in [3.05, 3.63) is 40.6 Å². The number of nitrogens with one attached hydrogen (secondary N) is 1. The molecule has 0 saturated carbocycles. The number of nitrogen functional groups attached to an aromatic ring is 1. The van der Waals surface area contributed by atoms with Crippen molar-refractivity contribution in [1.82, 2.24) is 4.98 Å². The molecular formula is C12H14FN3S. The molecule has 0 aliphatic heterocycles. The number of hydrogen-bond donors (Lipinski definition) is 2. The van der Waals surface area contributed by atoms with E-state index in [0.717, 1.165) is 5.01 Å². The van der Waals surface area contributed by atoms with Gasteiger partial charge in [-0.25, -0.2) is 9.37 Å². The molecule has 3 nitrogen and oxygen atoms in total. The molecule has 0 saturated heterocycles. The quantitative estimate of drug-likeness (QED) is 0.823. The van der Waals surface area contributed by atoms with Gasteiger partial charge in [0.25, 0.3) is 0 Å². The van der Waals surface area contributed by atoms with E-state index in [1.807, 2.05) is 19.2 Å². The summed E-state index contributed by atoms with van der Waals surface area (Å²) >= 11 is 1.55. The van der Waals surface area contributed by atoms with E-state index < -0.39 is 0 Å². The van der Waals surface area contributed by atoms with Crippen molar-refractivity contribution >= 4 is 22.7 Å². The van der Waals surface area contributed by atoms with E-state index in [1.165, 1.54) is 12.1 Å². The van der Waals surface area contributed by atoms with Gasteiger partial charge in [-0.3, -0.25) is 0 Å². The zero-order chi connectivity index (χ0) is 12.5. The highest BCUT2D eigenvalue weighted by Crippen LogP contribution is 2.30. The molecule has 0 fully saturated rings. The van der Waals surface area contributed by atoms with Crippen molar-refractivity contribution in [3.63, 3.8) is 0 Å². The Morgan fingerprint density at radius 3 is 2.82 bits per heavy atom. The van der Waals surface area contributed by atoms with Crippen molar-refractivity contribution < 1.29 is 4.39 Å². The first kappa shape index (κ1) is 11.9. The summed E-state index contributed by atoms with van der Waals surface area (Å²) in [5, 5.41) is 6.05. The van der Waals surface area contributed by atoms with E-state index in [2.05, 4.69) is 10.3 Å². The minimum absolute atomic E-state index is 0.309. The fraction of sp³-hybridized carbons (Fsp3) is 0.250. The minimum atomic E-state index is -0.379. The number of halogens is 1. The van der Waals surface area contributed by atoms with E-state index in [-0.39, 0.29) is 11.4 Å². The lowest BCUT2D eigenvalue weighted by Gasteiger charge is -2.26. The maximum absolute atomic E-state index is 13.2. The second kappa shape index (κ2) is 4.33. The van der Waals surface area contributed by atoms with Crippen LogP contribution in [0.4, 0.5) is 15.8 Å². The molecule has 17 heavy (non-hydrogen) atoms. The summed E-state index contributed by atoms with van der Waals surface area (Å²) in [6, 6.07) is 4.29. The van der Waals surface area contributed by atoms with Gasteiger partial charge in [-0.1, -0.05) is 0 Å². The smallest absolute Gasteiger partial charge is 0.125 e. The van der Waals surface area contributed by atoms with Crippen LogP contribution in [0.3, 0.4) is 0 Å². The summed E-state index contributed by atoms with van der Waals surface area (Å²) in [5.74, 6) is -0.309. The maximum Gasteiger partial charge on any atom is 0.125 e. The number of rotatable bonds is 3. The zero-order valence-electron chi connectivity index (χ0n) is 9.70. The third-order valence-corrected chi connectivity index (χ3v) is 3.53. The lowest BCUT2D eigenvalue weighted by atomic mass is 10.1. The average molecular weight is 251 g/mol. The summed E-state index contributed by atoms with van der Waals surface area (Å²) in [4.78, 5) is 4.26. The van der Waals surface area contributed by atoms with Gasteiger partial charge >= 0.3 is 0 Å². The molecule has 0 spiro atoms. The lowest BCUT2D eigenvalue weighted by molar-refractivity contribution is 0.599. The summed E-state index contributed by atoms with van der Waals surface area (Å²) in [5.41, 5.74) is 6.54. The van der Waals surface area contributed by atoms with Gasteiger partial charge in [0, 0.05) is 11.6 Å². The molecule has 5 heteroatoms. The first-order valence-corrected chi connectivity index (χ1v) is 6.10. The molecular weight excluding hydrogens is 237 g/mol. The van der Waals surface area contributed by atoms with E-state index in [9.17, 15) is 4.39 Å². The third kappa shape index (κ3) is 2.55. The van der Waals surface area contributed by atoms with Gasteiger partial charge in [-0.2, -0.15) is 0 Å². The maximum atomic E-state index is 13.2. The molecule has 3 N–H and O–H groups in total. The Labute approximate surface area is 103 Å². The van der Waals surface area contributed by atoms with Crippen molar-refractivity contribution in [3.8, 4) is 0 Å². The molecule has 0 aliphatic rings. The first-order chi connectivity index (χ1) is 7.99. The SMILES string of the molecule is CC(C)(Nc1cc(F)ccc1N)c1nccs1.